The normalized spacial score (nSPS) is 10.7. The first-order chi connectivity index (χ1) is 11.1. The zero-order chi connectivity index (χ0) is 16.4. The van der Waals surface area contributed by atoms with E-state index in [0.717, 1.165) is 5.75 Å². The average molecular weight is 313 g/mol. The number of nitrogen functional groups attached to an aromatic ring is 1. The van der Waals surface area contributed by atoms with E-state index < -0.39 is 5.97 Å². The maximum atomic E-state index is 11.3. The Morgan fingerprint density at radius 3 is 2.57 bits per heavy atom. The summed E-state index contributed by atoms with van der Waals surface area (Å²) in [6, 6.07) is 12.1. The smallest absolute Gasteiger partial charge is 0.356 e. The Morgan fingerprint density at radius 2 is 1.91 bits per heavy atom. The molecule has 0 saturated heterocycles. The van der Waals surface area contributed by atoms with Crippen LogP contribution in [0.5, 0.6) is 11.5 Å². The number of aromatic nitrogens is 2. The van der Waals surface area contributed by atoms with E-state index in [-0.39, 0.29) is 12.3 Å². The molecule has 23 heavy (non-hydrogen) atoms. The Balaban J connectivity index is 1.91. The number of carboxylic acid groups (broad SMARTS) is 1. The predicted molar refractivity (Wildman–Crippen MR) is 83.9 cm³/mol. The van der Waals surface area contributed by atoms with Crippen LogP contribution < -0.4 is 15.2 Å². The van der Waals surface area contributed by atoms with E-state index in [1.54, 1.807) is 54.0 Å². The number of anilines is 1. The van der Waals surface area contributed by atoms with Gasteiger partial charge in [-0.15, -0.1) is 0 Å². The Labute approximate surface area is 131 Å². The van der Waals surface area contributed by atoms with Gasteiger partial charge in [-0.25, -0.2) is 9.78 Å². The Morgan fingerprint density at radius 1 is 1.22 bits per heavy atom. The Kier molecular flexibility index (Phi) is 3.76. The highest BCUT2D eigenvalue weighted by atomic mass is 16.5. The van der Waals surface area contributed by atoms with Crippen LogP contribution in [0.25, 0.3) is 5.52 Å². The fourth-order valence-electron chi connectivity index (χ4n) is 2.31. The molecule has 0 fully saturated rings. The van der Waals surface area contributed by atoms with E-state index in [2.05, 4.69) is 4.98 Å². The summed E-state index contributed by atoms with van der Waals surface area (Å²) in [7, 11) is 1.59. The van der Waals surface area contributed by atoms with Crippen molar-refractivity contribution >= 4 is 17.3 Å². The molecule has 2 heterocycles. The van der Waals surface area contributed by atoms with Crippen LogP contribution in [0, 0.1) is 0 Å². The highest BCUT2D eigenvalue weighted by molar-refractivity contribution is 5.94. The molecule has 2 aromatic heterocycles. The van der Waals surface area contributed by atoms with Crippen molar-refractivity contribution in [1.29, 1.82) is 0 Å². The van der Waals surface area contributed by atoms with Gasteiger partial charge in [0.25, 0.3) is 0 Å². The summed E-state index contributed by atoms with van der Waals surface area (Å²) in [5, 5.41) is 9.26. The highest BCUT2D eigenvalue weighted by Gasteiger charge is 2.18. The van der Waals surface area contributed by atoms with Crippen molar-refractivity contribution in [2.75, 3.05) is 12.8 Å². The number of aromatic carboxylic acids is 1. The molecule has 118 valence electrons. The van der Waals surface area contributed by atoms with E-state index >= 15 is 0 Å². The molecular formula is C16H15N3O4. The molecule has 0 aliphatic rings. The van der Waals surface area contributed by atoms with Gasteiger partial charge in [-0.3, -0.25) is 4.40 Å². The van der Waals surface area contributed by atoms with Crippen molar-refractivity contribution in [3.8, 4) is 11.5 Å². The molecule has 0 amide bonds. The van der Waals surface area contributed by atoms with Gasteiger partial charge < -0.3 is 20.3 Å². The highest BCUT2D eigenvalue weighted by Crippen LogP contribution is 2.21. The molecular weight excluding hydrogens is 298 g/mol. The van der Waals surface area contributed by atoms with Gasteiger partial charge in [-0.05, 0) is 36.4 Å². The van der Waals surface area contributed by atoms with Crippen molar-refractivity contribution in [3.05, 3.63) is 54.0 Å². The van der Waals surface area contributed by atoms with Gasteiger partial charge in [0.05, 0.1) is 12.6 Å². The molecule has 0 bridgehead atoms. The molecule has 3 N–H and O–H groups in total. The first-order valence-corrected chi connectivity index (χ1v) is 6.86. The van der Waals surface area contributed by atoms with Crippen LogP contribution in [0.3, 0.4) is 0 Å². The topological polar surface area (TPSA) is 99.1 Å². The number of hydrogen-bond acceptors (Lipinski definition) is 5. The number of fused-ring (bicyclic) bond motifs is 1. The fraction of sp³-hybridized carbons (Fsp3) is 0.125. The summed E-state index contributed by atoms with van der Waals surface area (Å²) < 4.78 is 12.3. The van der Waals surface area contributed by atoms with Crippen LogP contribution in [-0.2, 0) is 6.61 Å². The number of imidazole rings is 1. The van der Waals surface area contributed by atoms with Crippen molar-refractivity contribution in [3.63, 3.8) is 0 Å². The standard InChI is InChI=1S/C16H15N3O4/c1-22-10-5-7-11(8-6-10)23-9-14-18-15(16(20)21)12-3-2-4-13(17)19(12)14/h2-8H,9,17H2,1H3,(H,20,21). The zero-order valence-corrected chi connectivity index (χ0v) is 12.4. The number of methoxy groups -OCH3 is 1. The number of benzene rings is 1. The van der Waals surface area contributed by atoms with Crippen LogP contribution in [0.1, 0.15) is 16.3 Å². The second kappa shape index (κ2) is 5.88. The summed E-state index contributed by atoms with van der Waals surface area (Å²) >= 11 is 0. The maximum absolute atomic E-state index is 11.3. The molecule has 0 saturated carbocycles. The number of carboxylic acids is 1. The molecule has 0 spiro atoms. The minimum absolute atomic E-state index is 0.0503. The van der Waals surface area contributed by atoms with Gasteiger partial charge in [-0.2, -0.15) is 0 Å². The van der Waals surface area contributed by atoms with Crippen molar-refractivity contribution < 1.29 is 19.4 Å². The van der Waals surface area contributed by atoms with E-state index in [1.165, 1.54) is 0 Å². The number of hydrogen-bond donors (Lipinski definition) is 2. The predicted octanol–water partition coefficient (Wildman–Crippen LogP) is 2.20. The van der Waals surface area contributed by atoms with Crippen LogP contribution >= 0.6 is 0 Å². The number of rotatable bonds is 5. The zero-order valence-electron chi connectivity index (χ0n) is 12.4. The Hall–Kier alpha value is -3.22. The largest absolute Gasteiger partial charge is 0.497 e. The minimum atomic E-state index is -1.11. The van der Waals surface area contributed by atoms with E-state index in [9.17, 15) is 9.90 Å². The number of carbonyl (C=O) groups is 1. The lowest BCUT2D eigenvalue weighted by molar-refractivity contribution is 0.0693. The molecule has 0 aliphatic heterocycles. The van der Waals surface area contributed by atoms with Gasteiger partial charge in [-0.1, -0.05) is 6.07 Å². The molecule has 3 rings (SSSR count). The van der Waals surface area contributed by atoms with Gasteiger partial charge in [0.1, 0.15) is 23.9 Å². The van der Waals surface area contributed by atoms with Crippen molar-refractivity contribution in [1.82, 2.24) is 9.38 Å². The second-order valence-corrected chi connectivity index (χ2v) is 4.82. The van der Waals surface area contributed by atoms with Gasteiger partial charge in [0, 0.05) is 0 Å². The first-order valence-electron chi connectivity index (χ1n) is 6.86. The summed E-state index contributed by atoms with van der Waals surface area (Å²) in [6.07, 6.45) is 0. The number of ether oxygens (including phenoxy) is 2. The van der Waals surface area contributed by atoms with E-state index in [4.69, 9.17) is 15.2 Å². The molecule has 0 unspecified atom stereocenters. The molecule has 7 nitrogen and oxygen atoms in total. The van der Waals surface area contributed by atoms with Crippen molar-refractivity contribution in [2.45, 2.75) is 6.61 Å². The molecule has 0 atom stereocenters. The monoisotopic (exact) mass is 313 g/mol. The average Bonchev–Trinajstić information content (AvgIpc) is 2.94. The van der Waals surface area contributed by atoms with Crippen LogP contribution in [0.15, 0.2) is 42.5 Å². The SMILES string of the molecule is COc1ccc(OCc2nc(C(=O)O)c3cccc(N)n23)cc1. The molecule has 1 aromatic carbocycles. The van der Waals surface area contributed by atoms with Crippen molar-refractivity contribution in [2.24, 2.45) is 0 Å². The Bertz CT molecular complexity index is 856. The number of nitrogens with two attached hydrogens (primary N) is 1. The van der Waals surface area contributed by atoms with Crippen LogP contribution in [-0.4, -0.2) is 27.6 Å². The summed E-state index contributed by atoms with van der Waals surface area (Å²) in [5.41, 5.74) is 6.32. The third kappa shape index (κ3) is 2.76. The lowest BCUT2D eigenvalue weighted by Gasteiger charge is -2.08. The third-order valence-electron chi connectivity index (χ3n) is 3.39. The molecule has 0 radical (unpaired) electrons. The number of nitrogens with zero attached hydrogens (tertiary/aromatic N) is 2. The summed E-state index contributed by atoms with van der Waals surface area (Å²) in [4.78, 5) is 15.4. The second-order valence-electron chi connectivity index (χ2n) is 4.82. The fourth-order valence-corrected chi connectivity index (χ4v) is 2.31. The number of pyridine rings is 1. The van der Waals surface area contributed by atoms with E-state index in [1.807, 2.05) is 0 Å². The summed E-state index contributed by atoms with van der Waals surface area (Å²) in [5.74, 6) is 1.06. The van der Waals surface area contributed by atoms with Crippen LogP contribution in [0.4, 0.5) is 5.82 Å². The lowest BCUT2D eigenvalue weighted by Crippen LogP contribution is -2.04. The van der Waals surface area contributed by atoms with Gasteiger partial charge >= 0.3 is 5.97 Å². The first kappa shape index (κ1) is 14.7. The van der Waals surface area contributed by atoms with Gasteiger partial charge in [0.15, 0.2) is 11.5 Å². The summed E-state index contributed by atoms with van der Waals surface area (Å²) in [6.45, 7) is 0.0923. The molecule has 7 heteroatoms. The van der Waals surface area contributed by atoms with Crippen LogP contribution in [0.2, 0.25) is 0 Å². The third-order valence-corrected chi connectivity index (χ3v) is 3.39. The lowest BCUT2D eigenvalue weighted by atomic mass is 10.3. The quantitative estimate of drug-likeness (QED) is 0.749. The van der Waals surface area contributed by atoms with Gasteiger partial charge in [0.2, 0.25) is 0 Å². The molecule has 0 aliphatic carbocycles. The molecule has 3 aromatic rings. The minimum Gasteiger partial charge on any atom is -0.497 e. The van der Waals surface area contributed by atoms with E-state index in [0.29, 0.717) is 22.9 Å². The maximum Gasteiger partial charge on any atom is 0.356 e.